The summed E-state index contributed by atoms with van der Waals surface area (Å²) in [6.07, 6.45) is 2.74. The van der Waals surface area contributed by atoms with E-state index in [1.807, 2.05) is 6.92 Å². The van der Waals surface area contributed by atoms with Crippen LogP contribution in [0.4, 0.5) is 0 Å². The van der Waals surface area contributed by atoms with Crippen molar-refractivity contribution < 1.29 is 9.84 Å². The van der Waals surface area contributed by atoms with Gasteiger partial charge in [-0.3, -0.25) is 0 Å². The Morgan fingerprint density at radius 2 is 2.19 bits per heavy atom. The minimum absolute atomic E-state index is 0.0809. The van der Waals surface area contributed by atoms with E-state index in [9.17, 15) is 5.11 Å². The molecule has 1 fully saturated rings. The molecule has 3 nitrogen and oxygen atoms in total. The Balaban J connectivity index is 2.47. The van der Waals surface area contributed by atoms with Crippen LogP contribution in [0.1, 0.15) is 24.0 Å². The molecule has 0 saturated heterocycles. The van der Waals surface area contributed by atoms with Gasteiger partial charge < -0.3 is 15.6 Å². The van der Waals surface area contributed by atoms with Crippen LogP contribution in [-0.2, 0) is 6.42 Å². The molecule has 0 spiro atoms. The number of halogens is 1. The second-order valence-electron chi connectivity index (χ2n) is 4.55. The molecule has 0 radical (unpaired) electrons. The summed E-state index contributed by atoms with van der Waals surface area (Å²) in [5, 5.41) is 10.3. The van der Waals surface area contributed by atoms with Crippen molar-refractivity contribution in [3.05, 3.63) is 22.2 Å². The normalized spacial score (nSPS) is 17.2. The van der Waals surface area contributed by atoms with Gasteiger partial charge in [-0.2, -0.15) is 0 Å². The van der Waals surface area contributed by atoms with Gasteiger partial charge in [-0.05, 0) is 31.7 Å². The van der Waals surface area contributed by atoms with Crippen molar-refractivity contribution in [2.45, 2.75) is 31.7 Å². The number of ether oxygens (including phenoxy) is 1. The lowest BCUT2D eigenvalue weighted by molar-refractivity contribution is 0.367. The van der Waals surface area contributed by atoms with Crippen LogP contribution in [0.15, 0.2) is 6.07 Å². The average molecular weight is 242 g/mol. The van der Waals surface area contributed by atoms with Crippen molar-refractivity contribution in [3.63, 3.8) is 0 Å². The number of benzene rings is 1. The number of phenols is 1. The van der Waals surface area contributed by atoms with Crippen molar-refractivity contribution in [2.75, 3.05) is 7.11 Å². The van der Waals surface area contributed by atoms with Crippen LogP contribution in [-0.4, -0.2) is 17.8 Å². The van der Waals surface area contributed by atoms with Gasteiger partial charge in [-0.15, -0.1) is 0 Å². The molecule has 2 rings (SSSR count). The molecule has 16 heavy (non-hydrogen) atoms. The molecule has 1 aliphatic rings. The summed E-state index contributed by atoms with van der Waals surface area (Å²) >= 11 is 6.04. The second kappa shape index (κ2) is 3.82. The summed E-state index contributed by atoms with van der Waals surface area (Å²) in [4.78, 5) is 0. The third-order valence-electron chi connectivity index (χ3n) is 3.21. The van der Waals surface area contributed by atoms with Crippen molar-refractivity contribution in [1.29, 1.82) is 0 Å². The van der Waals surface area contributed by atoms with Crippen molar-refractivity contribution in [1.82, 2.24) is 0 Å². The lowest BCUT2D eigenvalue weighted by atomic mass is 9.98. The van der Waals surface area contributed by atoms with E-state index in [0.717, 1.165) is 24.0 Å². The van der Waals surface area contributed by atoms with E-state index in [1.165, 1.54) is 6.07 Å². The van der Waals surface area contributed by atoms with Crippen molar-refractivity contribution in [2.24, 2.45) is 5.73 Å². The van der Waals surface area contributed by atoms with Crippen molar-refractivity contribution >= 4 is 11.6 Å². The van der Waals surface area contributed by atoms with Gasteiger partial charge in [0.1, 0.15) is 0 Å². The molecule has 1 aromatic carbocycles. The van der Waals surface area contributed by atoms with Crippen LogP contribution < -0.4 is 10.5 Å². The van der Waals surface area contributed by atoms with E-state index in [4.69, 9.17) is 22.1 Å². The summed E-state index contributed by atoms with van der Waals surface area (Å²) in [7, 11) is 1.54. The highest BCUT2D eigenvalue weighted by Gasteiger charge is 2.39. The Bertz CT molecular complexity index is 428. The highest BCUT2D eigenvalue weighted by Crippen LogP contribution is 2.43. The maximum absolute atomic E-state index is 9.76. The first-order valence-electron chi connectivity index (χ1n) is 5.31. The van der Waals surface area contributed by atoms with Crippen molar-refractivity contribution in [3.8, 4) is 11.5 Å². The summed E-state index contributed by atoms with van der Waals surface area (Å²) < 4.78 is 5.22. The predicted octanol–water partition coefficient (Wildman–Crippen LogP) is 2.40. The standard InChI is InChI=1S/C12H16ClNO2/c1-7-8(6-12(14)3-4-12)11(16-2)10(15)5-9(7)13/h5,15H,3-4,6,14H2,1-2H3. The number of methoxy groups -OCH3 is 1. The summed E-state index contributed by atoms with van der Waals surface area (Å²) in [6.45, 7) is 1.92. The highest BCUT2D eigenvalue weighted by molar-refractivity contribution is 6.31. The van der Waals surface area contributed by atoms with Crippen LogP contribution in [0.25, 0.3) is 0 Å². The van der Waals surface area contributed by atoms with Crippen LogP contribution >= 0.6 is 11.6 Å². The Labute approximate surface area is 100 Å². The molecule has 3 N–H and O–H groups in total. The summed E-state index contributed by atoms with van der Waals surface area (Å²) in [5.74, 6) is 0.580. The zero-order valence-corrected chi connectivity index (χ0v) is 10.3. The maximum atomic E-state index is 9.76. The molecule has 0 heterocycles. The molecule has 0 aliphatic heterocycles. The number of nitrogens with two attached hydrogens (primary N) is 1. The second-order valence-corrected chi connectivity index (χ2v) is 4.96. The zero-order valence-electron chi connectivity index (χ0n) is 9.51. The molecule has 4 heteroatoms. The van der Waals surface area contributed by atoms with Gasteiger partial charge >= 0.3 is 0 Å². The number of rotatable bonds is 3. The molecule has 88 valence electrons. The van der Waals surface area contributed by atoms with Crippen LogP contribution in [0.5, 0.6) is 11.5 Å². The quantitative estimate of drug-likeness (QED) is 0.855. The smallest absolute Gasteiger partial charge is 0.164 e. The SMILES string of the molecule is COc1c(O)cc(Cl)c(C)c1CC1(N)CC1. The molecular formula is C12H16ClNO2. The average Bonchev–Trinajstić information content (AvgIpc) is 2.93. The Hall–Kier alpha value is -0.930. The molecule has 0 bridgehead atoms. The van der Waals surface area contributed by atoms with Gasteiger partial charge in [0, 0.05) is 22.2 Å². The van der Waals surface area contributed by atoms with Gasteiger partial charge in [-0.25, -0.2) is 0 Å². The fourth-order valence-electron chi connectivity index (χ4n) is 1.89. The highest BCUT2D eigenvalue weighted by atomic mass is 35.5. The Kier molecular flexibility index (Phi) is 2.76. The monoisotopic (exact) mass is 241 g/mol. The molecule has 0 amide bonds. The first-order chi connectivity index (χ1) is 7.47. The number of hydrogen-bond donors (Lipinski definition) is 2. The molecular weight excluding hydrogens is 226 g/mol. The van der Waals surface area contributed by atoms with Gasteiger partial charge in [-0.1, -0.05) is 11.6 Å². The van der Waals surface area contributed by atoms with Crippen LogP contribution in [0.2, 0.25) is 5.02 Å². The number of phenolic OH excluding ortho intramolecular Hbond substituents is 1. The van der Waals surface area contributed by atoms with Crippen LogP contribution in [0, 0.1) is 6.92 Å². The summed E-state index contributed by atoms with van der Waals surface area (Å²) in [5.41, 5.74) is 7.82. The Morgan fingerprint density at radius 3 is 2.69 bits per heavy atom. The third kappa shape index (κ3) is 1.97. The largest absolute Gasteiger partial charge is 0.504 e. The van der Waals surface area contributed by atoms with E-state index >= 15 is 0 Å². The van der Waals surface area contributed by atoms with Gasteiger partial charge in [0.05, 0.1) is 7.11 Å². The lowest BCUT2D eigenvalue weighted by Crippen LogP contribution is -2.25. The predicted molar refractivity (Wildman–Crippen MR) is 64.3 cm³/mol. The third-order valence-corrected chi connectivity index (χ3v) is 3.60. The van der Waals surface area contributed by atoms with E-state index in [2.05, 4.69) is 0 Å². The minimum atomic E-state index is -0.130. The van der Waals surface area contributed by atoms with Gasteiger partial charge in [0.15, 0.2) is 11.5 Å². The molecule has 1 saturated carbocycles. The topological polar surface area (TPSA) is 55.5 Å². The Morgan fingerprint density at radius 1 is 1.56 bits per heavy atom. The fraction of sp³-hybridized carbons (Fsp3) is 0.500. The molecule has 0 unspecified atom stereocenters. The molecule has 0 atom stereocenters. The number of hydrogen-bond acceptors (Lipinski definition) is 3. The number of aromatic hydroxyl groups is 1. The first-order valence-corrected chi connectivity index (χ1v) is 5.68. The molecule has 1 aromatic rings. The fourth-order valence-corrected chi connectivity index (χ4v) is 2.11. The first kappa shape index (κ1) is 11.6. The van der Waals surface area contributed by atoms with E-state index in [-0.39, 0.29) is 11.3 Å². The molecule has 0 aromatic heterocycles. The summed E-state index contributed by atoms with van der Waals surface area (Å²) in [6, 6.07) is 1.51. The minimum Gasteiger partial charge on any atom is -0.504 e. The maximum Gasteiger partial charge on any atom is 0.164 e. The molecule has 1 aliphatic carbocycles. The van der Waals surface area contributed by atoms with Gasteiger partial charge in [0.2, 0.25) is 0 Å². The van der Waals surface area contributed by atoms with E-state index in [1.54, 1.807) is 7.11 Å². The van der Waals surface area contributed by atoms with Crippen LogP contribution in [0.3, 0.4) is 0 Å². The lowest BCUT2D eigenvalue weighted by Gasteiger charge is -2.17. The van der Waals surface area contributed by atoms with E-state index < -0.39 is 0 Å². The van der Waals surface area contributed by atoms with Gasteiger partial charge in [0.25, 0.3) is 0 Å². The zero-order chi connectivity index (χ0) is 11.9. The van der Waals surface area contributed by atoms with E-state index in [0.29, 0.717) is 17.2 Å².